The van der Waals surface area contributed by atoms with Crippen LogP contribution in [0.5, 0.6) is 5.75 Å². The van der Waals surface area contributed by atoms with Gasteiger partial charge in [0.1, 0.15) is 35.7 Å². The van der Waals surface area contributed by atoms with Crippen LogP contribution in [-0.4, -0.2) is 22.4 Å². The van der Waals surface area contributed by atoms with E-state index in [2.05, 4.69) is 15.3 Å². The molecule has 1 aliphatic heterocycles. The van der Waals surface area contributed by atoms with Crippen LogP contribution in [0.2, 0.25) is 5.28 Å². The lowest BCUT2D eigenvalue weighted by Crippen LogP contribution is -2.21. The number of anilines is 1. The molecule has 140 valence electrons. The fourth-order valence-corrected chi connectivity index (χ4v) is 2.89. The van der Waals surface area contributed by atoms with E-state index in [1.807, 2.05) is 44.2 Å². The number of halogens is 1. The lowest BCUT2D eigenvalue weighted by molar-refractivity contribution is -0.119. The van der Waals surface area contributed by atoms with Crippen molar-refractivity contribution in [2.45, 2.75) is 26.2 Å². The predicted octanol–water partition coefficient (Wildman–Crippen LogP) is 4.49. The molecule has 1 aromatic carbocycles. The fourth-order valence-electron chi connectivity index (χ4n) is 2.72. The zero-order valence-electron chi connectivity index (χ0n) is 14.9. The fraction of sp³-hybridized carbons (Fsp3) is 0.263. The van der Waals surface area contributed by atoms with Crippen molar-refractivity contribution in [2.75, 3.05) is 11.9 Å². The number of benzene rings is 1. The van der Waals surface area contributed by atoms with Gasteiger partial charge in [0, 0.05) is 19.2 Å². The third-order valence-corrected chi connectivity index (χ3v) is 4.06. The zero-order chi connectivity index (χ0) is 18.9. The van der Waals surface area contributed by atoms with Gasteiger partial charge in [0.05, 0.1) is 12.8 Å². The molecule has 27 heavy (non-hydrogen) atoms. The Morgan fingerprint density at radius 2 is 2.07 bits per heavy atom. The van der Waals surface area contributed by atoms with Crippen LogP contribution in [0.25, 0.3) is 10.9 Å². The monoisotopic (exact) mass is 387 g/mol. The highest BCUT2D eigenvalue weighted by atomic mass is 35.5. The number of fused-ring (bicyclic) bond motifs is 1. The Labute approximate surface area is 160 Å². The van der Waals surface area contributed by atoms with Crippen LogP contribution in [0, 0.1) is 0 Å². The van der Waals surface area contributed by atoms with Crippen molar-refractivity contribution in [3.63, 3.8) is 0 Å². The van der Waals surface area contributed by atoms with Gasteiger partial charge in [-0.2, -0.15) is 0 Å². The molecule has 0 unspecified atom stereocenters. The Hall–Kier alpha value is -2.93. The van der Waals surface area contributed by atoms with Gasteiger partial charge in [-0.25, -0.2) is 9.97 Å². The molecule has 0 saturated heterocycles. The van der Waals surface area contributed by atoms with Gasteiger partial charge >= 0.3 is 0 Å². The van der Waals surface area contributed by atoms with Crippen LogP contribution in [0.4, 0.5) is 5.82 Å². The predicted molar refractivity (Wildman–Crippen MR) is 100 cm³/mol. The Morgan fingerprint density at radius 1 is 1.19 bits per heavy atom. The lowest BCUT2D eigenvalue weighted by Gasteiger charge is -2.18. The minimum Gasteiger partial charge on any atom is -0.483 e. The maximum atomic E-state index is 6.12. The molecule has 7 nitrogen and oxygen atoms in total. The number of ether oxygens (including phenoxy) is 3. The van der Waals surface area contributed by atoms with Crippen molar-refractivity contribution in [2.24, 2.45) is 0 Å². The average Bonchev–Trinajstić information content (AvgIpc) is 3.27. The van der Waals surface area contributed by atoms with E-state index in [1.165, 1.54) is 0 Å². The largest absolute Gasteiger partial charge is 0.483 e. The van der Waals surface area contributed by atoms with Gasteiger partial charge in [0.25, 0.3) is 0 Å². The van der Waals surface area contributed by atoms with E-state index in [1.54, 1.807) is 12.5 Å². The average molecular weight is 388 g/mol. The van der Waals surface area contributed by atoms with Crippen LogP contribution >= 0.6 is 11.6 Å². The second-order valence-corrected chi connectivity index (χ2v) is 6.76. The third-order valence-electron chi connectivity index (χ3n) is 3.89. The standard InChI is InChI=1S/C19H18ClN3O4/c1-19(2)26-11-13(27-19)10-25-15-7-3-6-14-16(15)22-18(20)23-17(14)21-9-12-5-4-8-24-12/h3-8,11H,9-10H2,1-2H3,(H,21,22,23). The maximum absolute atomic E-state index is 6.12. The Bertz CT molecular complexity index is 986. The molecule has 0 fully saturated rings. The van der Waals surface area contributed by atoms with Gasteiger partial charge in [-0.1, -0.05) is 6.07 Å². The van der Waals surface area contributed by atoms with Crippen LogP contribution in [0.15, 0.2) is 53.0 Å². The van der Waals surface area contributed by atoms with Crippen molar-refractivity contribution in [3.8, 4) is 5.75 Å². The normalized spacial score (nSPS) is 15.1. The third kappa shape index (κ3) is 3.93. The summed E-state index contributed by atoms with van der Waals surface area (Å²) in [5, 5.41) is 4.14. The highest BCUT2D eigenvalue weighted by Gasteiger charge is 2.27. The quantitative estimate of drug-likeness (QED) is 0.624. The summed E-state index contributed by atoms with van der Waals surface area (Å²) in [6, 6.07) is 9.31. The van der Waals surface area contributed by atoms with Crippen LogP contribution in [0.3, 0.4) is 0 Å². The van der Waals surface area contributed by atoms with E-state index >= 15 is 0 Å². The topological polar surface area (TPSA) is 78.6 Å². The Morgan fingerprint density at radius 3 is 2.81 bits per heavy atom. The van der Waals surface area contributed by atoms with Crippen molar-refractivity contribution in [1.82, 2.24) is 9.97 Å². The number of rotatable bonds is 6. The van der Waals surface area contributed by atoms with Crippen LogP contribution in [0.1, 0.15) is 19.6 Å². The lowest BCUT2D eigenvalue weighted by atomic mass is 10.2. The van der Waals surface area contributed by atoms with Gasteiger partial charge < -0.3 is 23.9 Å². The molecule has 8 heteroatoms. The highest BCUT2D eigenvalue weighted by molar-refractivity contribution is 6.29. The smallest absolute Gasteiger partial charge is 0.244 e. The van der Waals surface area contributed by atoms with E-state index < -0.39 is 5.79 Å². The van der Waals surface area contributed by atoms with E-state index in [-0.39, 0.29) is 11.9 Å². The SMILES string of the molecule is CC1(C)OC=C(COc2cccc3c(NCc4ccco4)nc(Cl)nc23)O1. The molecular formula is C19H18ClN3O4. The van der Waals surface area contributed by atoms with Crippen molar-refractivity contribution in [3.05, 3.63) is 59.7 Å². The molecule has 0 spiro atoms. The number of nitrogens with zero attached hydrogens (tertiary/aromatic N) is 2. The summed E-state index contributed by atoms with van der Waals surface area (Å²) in [6.45, 7) is 4.36. The number of para-hydroxylation sites is 1. The second kappa shape index (κ2) is 7.00. The molecule has 4 rings (SSSR count). The summed E-state index contributed by atoms with van der Waals surface area (Å²) in [5.74, 6) is 1.90. The first kappa shape index (κ1) is 17.5. The van der Waals surface area contributed by atoms with Gasteiger partial charge in [0.15, 0.2) is 5.76 Å². The molecule has 0 aliphatic carbocycles. The molecule has 2 aromatic heterocycles. The summed E-state index contributed by atoms with van der Waals surface area (Å²) < 4.78 is 22.3. The summed E-state index contributed by atoms with van der Waals surface area (Å²) in [5.41, 5.74) is 0.609. The first-order valence-corrected chi connectivity index (χ1v) is 8.79. The molecule has 0 saturated carbocycles. The zero-order valence-corrected chi connectivity index (χ0v) is 15.6. The minimum absolute atomic E-state index is 0.126. The summed E-state index contributed by atoms with van der Waals surface area (Å²) in [7, 11) is 0. The highest BCUT2D eigenvalue weighted by Crippen LogP contribution is 2.31. The molecule has 0 bridgehead atoms. The molecule has 1 N–H and O–H groups in total. The Kier molecular flexibility index (Phi) is 4.53. The van der Waals surface area contributed by atoms with E-state index in [4.69, 9.17) is 30.2 Å². The van der Waals surface area contributed by atoms with Gasteiger partial charge in [-0.15, -0.1) is 0 Å². The Balaban J connectivity index is 1.57. The number of nitrogens with one attached hydrogen (secondary N) is 1. The molecule has 1 aliphatic rings. The van der Waals surface area contributed by atoms with Crippen LogP contribution in [-0.2, 0) is 16.0 Å². The number of aromatic nitrogens is 2. The molecule has 0 atom stereocenters. The van der Waals surface area contributed by atoms with Gasteiger partial charge in [-0.05, 0) is 35.9 Å². The molecule has 0 amide bonds. The minimum atomic E-state index is -0.675. The first-order valence-electron chi connectivity index (χ1n) is 8.41. The van der Waals surface area contributed by atoms with Crippen molar-refractivity contribution < 1.29 is 18.6 Å². The van der Waals surface area contributed by atoms with Crippen molar-refractivity contribution >= 4 is 28.3 Å². The first-order chi connectivity index (χ1) is 13.0. The molecular weight excluding hydrogens is 370 g/mol. The number of furan rings is 1. The van der Waals surface area contributed by atoms with E-state index in [0.717, 1.165) is 11.1 Å². The van der Waals surface area contributed by atoms with Crippen LogP contribution < -0.4 is 10.1 Å². The van der Waals surface area contributed by atoms with E-state index in [0.29, 0.717) is 29.4 Å². The van der Waals surface area contributed by atoms with Crippen molar-refractivity contribution in [1.29, 1.82) is 0 Å². The van der Waals surface area contributed by atoms with Gasteiger partial charge in [0.2, 0.25) is 11.1 Å². The van der Waals surface area contributed by atoms with Gasteiger partial charge in [-0.3, -0.25) is 0 Å². The summed E-state index contributed by atoms with van der Waals surface area (Å²) >= 11 is 6.12. The summed E-state index contributed by atoms with van der Waals surface area (Å²) in [6.07, 6.45) is 3.18. The molecule has 0 radical (unpaired) electrons. The summed E-state index contributed by atoms with van der Waals surface area (Å²) in [4.78, 5) is 8.62. The maximum Gasteiger partial charge on any atom is 0.244 e. The molecule has 3 aromatic rings. The number of hydrogen-bond acceptors (Lipinski definition) is 7. The van der Waals surface area contributed by atoms with E-state index in [9.17, 15) is 0 Å². The molecule has 3 heterocycles. The number of hydrogen-bond donors (Lipinski definition) is 1. The second-order valence-electron chi connectivity index (χ2n) is 6.42.